The average molecular weight is 378 g/mol. The Balaban J connectivity index is 1.57. The summed E-state index contributed by atoms with van der Waals surface area (Å²) in [5.41, 5.74) is 1.58. The topological polar surface area (TPSA) is 89.3 Å². The summed E-state index contributed by atoms with van der Waals surface area (Å²) in [6.07, 6.45) is 1.49. The van der Waals surface area contributed by atoms with Gasteiger partial charge in [0.1, 0.15) is 28.5 Å². The minimum atomic E-state index is -0.404. The molecule has 0 atom stereocenters. The highest BCUT2D eigenvalue weighted by Crippen LogP contribution is 2.28. The van der Waals surface area contributed by atoms with Gasteiger partial charge in [0.15, 0.2) is 5.58 Å². The van der Waals surface area contributed by atoms with E-state index < -0.39 is 5.82 Å². The Morgan fingerprint density at radius 3 is 2.75 bits per heavy atom. The predicted molar refractivity (Wildman–Crippen MR) is 101 cm³/mol. The van der Waals surface area contributed by atoms with E-state index >= 15 is 0 Å². The lowest BCUT2D eigenvalue weighted by molar-refractivity contribution is 0.0958. The van der Waals surface area contributed by atoms with E-state index in [9.17, 15) is 9.18 Å². The molecular formula is C20H15FN4O3. The van der Waals surface area contributed by atoms with Crippen molar-refractivity contribution in [1.82, 2.24) is 15.3 Å². The van der Waals surface area contributed by atoms with Crippen molar-refractivity contribution in [3.63, 3.8) is 0 Å². The predicted octanol–water partition coefficient (Wildman–Crippen LogP) is 4.26. The first-order valence-corrected chi connectivity index (χ1v) is 8.40. The normalized spacial score (nSPS) is 10.6. The number of amides is 1. The van der Waals surface area contributed by atoms with Crippen molar-refractivity contribution >= 4 is 28.7 Å². The zero-order chi connectivity index (χ0) is 19.5. The molecule has 28 heavy (non-hydrogen) atoms. The molecule has 0 bridgehead atoms. The molecular weight excluding hydrogens is 363 g/mol. The van der Waals surface area contributed by atoms with E-state index in [4.69, 9.17) is 9.15 Å². The van der Waals surface area contributed by atoms with Crippen LogP contribution in [0.2, 0.25) is 0 Å². The van der Waals surface area contributed by atoms with E-state index in [1.54, 1.807) is 42.5 Å². The highest BCUT2D eigenvalue weighted by molar-refractivity contribution is 5.92. The van der Waals surface area contributed by atoms with E-state index in [-0.39, 0.29) is 23.3 Å². The Morgan fingerprint density at radius 1 is 1.11 bits per heavy atom. The van der Waals surface area contributed by atoms with Gasteiger partial charge in [-0.25, -0.2) is 4.39 Å². The number of halogens is 1. The summed E-state index contributed by atoms with van der Waals surface area (Å²) < 4.78 is 25.1. The second-order valence-corrected chi connectivity index (χ2v) is 5.81. The number of fused-ring (bicyclic) bond motifs is 1. The van der Waals surface area contributed by atoms with Gasteiger partial charge in [-0.1, -0.05) is 12.1 Å². The first-order chi connectivity index (χ1) is 13.6. The minimum absolute atomic E-state index is 0.170. The number of carbonyl (C=O) groups excluding carboxylic acids is 1. The summed E-state index contributed by atoms with van der Waals surface area (Å²) in [5.74, 6) is 0.257. The third kappa shape index (κ3) is 3.61. The summed E-state index contributed by atoms with van der Waals surface area (Å²) in [6, 6.07) is 14.7. The molecule has 1 amide bonds. The Labute approximate surface area is 159 Å². The van der Waals surface area contributed by atoms with Crippen molar-refractivity contribution in [3.8, 4) is 11.5 Å². The van der Waals surface area contributed by atoms with Gasteiger partial charge >= 0.3 is 0 Å². The molecule has 0 fully saturated rings. The maximum absolute atomic E-state index is 13.8. The first kappa shape index (κ1) is 17.5. The van der Waals surface area contributed by atoms with E-state index in [2.05, 4.69) is 20.6 Å². The number of nitrogens with one attached hydrogen (secondary N) is 2. The molecule has 8 heteroatoms. The molecule has 0 aliphatic heterocycles. The van der Waals surface area contributed by atoms with Crippen molar-refractivity contribution in [1.29, 1.82) is 0 Å². The van der Waals surface area contributed by atoms with Crippen LogP contribution in [-0.2, 0) is 0 Å². The number of para-hydroxylation sites is 1. The number of hydrogen-bond donors (Lipinski definition) is 2. The fourth-order valence-electron chi connectivity index (χ4n) is 2.56. The van der Waals surface area contributed by atoms with Gasteiger partial charge in [0, 0.05) is 25.4 Å². The first-order valence-electron chi connectivity index (χ1n) is 8.40. The summed E-state index contributed by atoms with van der Waals surface area (Å²) in [5, 5.41) is 5.32. The lowest BCUT2D eigenvalue weighted by Crippen LogP contribution is -2.18. The third-order valence-electron chi connectivity index (χ3n) is 3.90. The van der Waals surface area contributed by atoms with Gasteiger partial charge in [0.2, 0.25) is 0 Å². The molecule has 4 rings (SSSR count). The molecule has 0 aliphatic carbocycles. The highest BCUT2D eigenvalue weighted by Gasteiger charge is 2.11. The lowest BCUT2D eigenvalue weighted by Gasteiger charge is -2.06. The van der Waals surface area contributed by atoms with Crippen molar-refractivity contribution < 1.29 is 18.3 Å². The van der Waals surface area contributed by atoms with Crippen molar-refractivity contribution in [2.45, 2.75) is 0 Å². The summed E-state index contributed by atoms with van der Waals surface area (Å²) in [4.78, 5) is 20.0. The fourth-order valence-corrected chi connectivity index (χ4v) is 2.56. The van der Waals surface area contributed by atoms with Crippen LogP contribution in [0.15, 0.2) is 65.2 Å². The number of benzene rings is 2. The molecule has 0 radical (unpaired) electrons. The molecule has 4 aromatic rings. The second-order valence-electron chi connectivity index (χ2n) is 5.81. The van der Waals surface area contributed by atoms with Gasteiger partial charge < -0.3 is 19.8 Å². The number of pyridine rings is 1. The quantitative estimate of drug-likeness (QED) is 0.539. The Hall–Kier alpha value is -3.94. The number of hydrogen-bond acceptors (Lipinski definition) is 6. The van der Waals surface area contributed by atoms with Gasteiger partial charge in [-0.05, 0) is 30.3 Å². The summed E-state index contributed by atoms with van der Waals surface area (Å²) in [6.45, 7) is 0. The maximum Gasteiger partial charge on any atom is 0.300 e. The SMILES string of the molecule is CNC(=O)c1cc(Oc2ccc3oc(Nc4ccccc4F)nc3c2)ccn1. The highest BCUT2D eigenvalue weighted by atomic mass is 19.1. The van der Waals surface area contributed by atoms with Crippen molar-refractivity contribution in [2.24, 2.45) is 0 Å². The lowest BCUT2D eigenvalue weighted by atomic mass is 10.3. The molecule has 0 saturated carbocycles. The number of aromatic nitrogens is 2. The largest absolute Gasteiger partial charge is 0.457 e. The Kier molecular flexibility index (Phi) is 4.59. The average Bonchev–Trinajstić information content (AvgIpc) is 3.11. The molecule has 0 unspecified atom stereocenters. The number of anilines is 2. The zero-order valence-corrected chi connectivity index (χ0v) is 14.8. The molecule has 0 aliphatic rings. The van der Waals surface area contributed by atoms with Crippen LogP contribution in [0, 0.1) is 5.82 Å². The van der Waals surface area contributed by atoms with Crippen LogP contribution < -0.4 is 15.4 Å². The van der Waals surface area contributed by atoms with E-state index in [1.165, 1.54) is 25.4 Å². The molecule has 2 aromatic heterocycles. The van der Waals surface area contributed by atoms with Crippen LogP contribution >= 0.6 is 0 Å². The van der Waals surface area contributed by atoms with Crippen LogP contribution in [0.3, 0.4) is 0 Å². The van der Waals surface area contributed by atoms with Crippen molar-refractivity contribution in [2.75, 3.05) is 12.4 Å². The van der Waals surface area contributed by atoms with E-state index in [1.807, 2.05) is 0 Å². The van der Waals surface area contributed by atoms with Gasteiger partial charge in [-0.2, -0.15) is 4.98 Å². The zero-order valence-electron chi connectivity index (χ0n) is 14.8. The molecule has 140 valence electrons. The van der Waals surface area contributed by atoms with E-state index in [0.717, 1.165) is 0 Å². The van der Waals surface area contributed by atoms with Gasteiger partial charge in [-0.15, -0.1) is 0 Å². The molecule has 2 aromatic carbocycles. The van der Waals surface area contributed by atoms with Crippen LogP contribution in [0.25, 0.3) is 11.1 Å². The molecule has 0 saturated heterocycles. The third-order valence-corrected chi connectivity index (χ3v) is 3.90. The standard InChI is InChI=1S/C20H15FN4O3/c1-22-19(26)17-11-13(8-9-23-17)27-12-6-7-18-16(10-12)25-20(28-18)24-15-5-3-2-4-14(15)21/h2-11H,1H3,(H,22,26)(H,24,25). The smallest absolute Gasteiger partial charge is 0.300 e. The Morgan fingerprint density at radius 2 is 1.93 bits per heavy atom. The van der Waals surface area contributed by atoms with Gasteiger partial charge in [0.25, 0.3) is 11.9 Å². The summed E-state index contributed by atoms with van der Waals surface area (Å²) >= 11 is 0. The van der Waals surface area contributed by atoms with Crippen LogP contribution in [0.5, 0.6) is 11.5 Å². The van der Waals surface area contributed by atoms with E-state index in [0.29, 0.717) is 22.6 Å². The molecule has 2 N–H and O–H groups in total. The van der Waals surface area contributed by atoms with Crippen LogP contribution in [0.1, 0.15) is 10.5 Å². The second kappa shape index (κ2) is 7.36. The van der Waals surface area contributed by atoms with Crippen LogP contribution in [0.4, 0.5) is 16.1 Å². The van der Waals surface area contributed by atoms with Crippen molar-refractivity contribution in [3.05, 3.63) is 72.3 Å². The summed E-state index contributed by atoms with van der Waals surface area (Å²) in [7, 11) is 1.53. The monoisotopic (exact) mass is 378 g/mol. The van der Waals surface area contributed by atoms with Crippen LogP contribution in [-0.4, -0.2) is 22.9 Å². The number of carbonyl (C=O) groups is 1. The number of rotatable bonds is 5. The Bertz CT molecular complexity index is 1160. The van der Waals surface area contributed by atoms with Gasteiger partial charge in [0.05, 0.1) is 5.69 Å². The molecule has 7 nitrogen and oxygen atoms in total. The number of oxazole rings is 1. The van der Waals surface area contributed by atoms with Gasteiger partial charge in [-0.3, -0.25) is 9.78 Å². The maximum atomic E-state index is 13.8. The minimum Gasteiger partial charge on any atom is -0.457 e. The molecule has 0 spiro atoms. The molecule has 2 heterocycles. The number of nitrogens with zero attached hydrogens (tertiary/aromatic N) is 2. The number of ether oxygens (including phenoxy) is 1. The fraction of sp³-hybridized carbons (Fsp3) is 0.0500.